The summed E-state index contributed by atoms with van der Waals surface area (Å²) < 4.78 is 0. The fourth-order valence-corrected chi connectivity index (χ4v) is 0.619. The highest BCUT2D eigenvalue weighted by molar-refractivity contribution is 4.66. The van der Waals surface area contributed by atoms with E-state index >= 15 is 0 Å². The number of rotatable bonds is 1. The summed E-state index contributed by atoms with van der Waals surface area (Å²) in [6, 6.07) is 0. The Morgan fingerprint density at radius 1 is 1.20 bits per heavy atom. The van der Waals surface area contributed by atoms with Gasteiger partial charge in [-0.25, -0.2) is 4.98 Å². The van der Waals surface area contributed by atoms with Crippen LogP contribution >= 0.6 is 0 Å². The Morgan fingerprint density at radius 3 is 2.80 bits per heavy atom. The Hall–Kier alpha value is -1.72. The number of aromatic nitrogens is 6. The number of nitrogens with zero attached hydrogens (tertiary/aromatic N) is 6. The van der Waals surface area contributed by atoms with Crippen LogP contribution in [0.2, 0.25) is 0 Å². The van der Waals surface area contributed by atoms with Crippen molar-refractivity contribution in [2.75, 3.05) is 0 Å². The molecule has 0 aliphatic heterocycles. The van der Waals surface area contributed by atoms with Gasteiger partial charge in [0, 0.05) is 0 Å². The Kier molecular flexibility index (Phi) is 0.970. The molecule has 0 aromatic carbocycles. The van der Waals surface area contributed by atoms with Gasteiger partial charge in [-0.2, -0.15) is 0 Å². The van der Waals surface area contributed by atoms with E-state index in [0.29, 0.717) is 0 Å². The van der Waals surface area contributed by atoms with Gasteiger partial charge in [-0.05, 0) is 5.21 Å². The molecular formula is C4H4N6. The van der Waals surface area contributed by atoms with Crippen molar-refractivity contribution in [3.8, 4) is 0 Å². The molecule has 0 spiro atoms. The average molecular weight is 136 g/mol. The molecule has 6 heteroatoms. The second-order valence-corrected chi connectivity index (χ2v) is 1.64. The molecule has 2 aromatic heterocycles. The maximum atomic E-state index is 3.82. The highest BCUT2D eigenvalue weighted by Crippen LogP contribution is 1.80. The summed E-state index contributed by atoms with van der Waals surface area (Å²) in [5, 5.41) is 11.1. The molecular weight excluding hydrogens is 132 g/mol. The van der Waals surface area contributed by atoms with Crippen LogP contribution in [0.4, 0.5) is 0 Å². The molecule has 0 aliphatic carbocycles. The third kappa shape index (κ3) is 0.661. The lowest BCUT2D eigenvalue weighted by Crippen LogP contribution is -2.09. The minimum atomic E-state index is 1.43. The summed E-state index contributed by atoms with van der Waals surface area (Å²) in [5.74, 6) is 0. The summed E-state index contributed by atoms with van der Waals surface area (Å²) in [6.07, 6.45) is 6.22. The molecule has 0 atom stereocenters. The van der Waals surface area contributed by atoms with Crippen LogP contribution in [0, 0.1) is 0 Å². The van der Waals surface area contributed by atoms with Crippen molar-refractivity contribution >= 4 is 0 Å². The summed E-state index contributed by atoms with van der Waals surface area (Å²) in [5.41, 5.74) is 0. The molecule has 2 rings (SSSR count). The molecule has 50 valence electrons. The largest absolute Gasteiger partial charge is 0.221 e. The van der Waals surface area contributed by atoms with Crippen LogP contribution in [0.15, 0.2) is 25.0 Å². The maximum absolute atomic E-state index is 3.82. The van der Waals surface area contributed by atoms with Crippen molar-refractivity contribution in [2.24, 2.45) is 0 Å². The van der Waals surface area contributed by atoms with E-state index in [-0.39, 0.29) is 0 Å². The zero-order valence-corrected chi connectivity index (χ0v) is 4.99. The summed E-state index contributed by atoms with van der Waals surface area (Å²) in [7, 11) is 0. The van der Waals surface area contributed by atoms with Gasteiger partial charge in [0.05, 0.1) is 12.4 Å². The smallest absolute Gasteiger partial charge is 0.139 e. The predicted octanol–water partition coefficient (Wildman–Crippen LogP) is -0.819. The third-order valence-electron chi connectivity index (χ3n) is 1.03. The molecule has 0 N–H and O–H groups in total. The Labute approximate surface area is 56.1 Å². The van der Waals surface area contributed by atoms with Crippen LogP contribution in [0.5, 0.6) is 0 Å². The van der Waals surface area contributed by atoms with E-state index in [4.69, 9.17) is 0 Å². The van der Waals surface area contributed by atoms with E-state index in [1.165, 1.54) is 22.2 Å². The quantitative estimate of drug-likeness (QED) is 0.514. The fraction of sp³-hybridized carbons (Fsp3) is 0. The molecule has 0 fully saturated rings. The lowest BCUT2D eigenvalue weighted by atomic mass is 11.0. The van der Waals surface area contributed by atoms with E-state index in [2.05, 4.69) is 20.4 Å². The van der Waals surface area contributed by atoms with Gasteiger partial charge in [0.15, 0.2) is 0 Å². The van der Waals surface area contributed by atoms with Gasteiger partial charge >= 0.3 is 0 Å². The van der Waals surface area contributed by atoms with Gasteiger partial charge in [0.25, 0.3) is 0 Å². The molecule has 0 aliphatic rings. The van der Waals surface area contributed by atoms with Crippen molar-refractivity contribution in [1.82, 2.24) is 30.0 Å². The predicted molar refractivity (Wildman–Crippen MR) is 30.8 cm³/mol. The normalized spacial score (nSPS) is 10.0. The van der Waals surface area contributed by atoms with E-state index in [0.717, 1.165) is 0 Å². The van der Waals surface area contributed by atoms with Crippen LogP contribution < -0.4 is 0 Å². The monoisotopic (exact) mass is 136 g/mol. The minimum absolute atomic E-state index is 1.43. The van der Waals surface area contributed by atoms with Crippen molar-refractivity contribution in [3.63, 3.8) is 0 Å². The van der Waals surface area contributed by atoms with E-state index < -0.39 is 0 Å². The van der Waals surface area contributed by atoms with Crippen molar-refractivity contribution in [2.45, 2.75) is 0 Å². The standard InChI is InChI=1S/C4H4N6/c1-2-9(8-6-1)10-4-5-3-7-10/h1-4H. The van der Waals surface area contributed by atoms with Gasteiger partial charge in [-0.1, -0.05) is 0 Å². The average Bonchev–Trinajstić information content (AvgIpc) is 2.59. The van der Waals surface area contributed by atoms with Gasteiger partial charge in [0.1, 0.15) is 12.7 Å². The SMILES string of the molecule is c1cn(-n2cncn2)nn1. The molecule has 0 saturated carbocycles. The minimum Gasteiger partial charge on any atom is -0.221 e. The molecule has 0 radical (unpaired) electrons. The summed E-state index contributed by atoms with van der Waals surface area (Å²) >= 11 is 0. The Bertz CT molecular complexity index is 249. The van der Waals surface area contributed by atoms with Gasteiger partial charge in [-0.3, -0.25) is 0 Å². The van der Waals surface area contributed by atoms with Gasteiger partial charge in [-0.15, -0.1) is 19.8 Å². The first-order chi connectivity index (χ1) is 4.97. The van der Waals surface area contributed by atoms with E-state index in [9.17, 15) is 0 Å². The van der Waals surface area contributed by atoms with Crippen LogP contribution in [0.1, 0.15) is 0 Å². The lowest BCUT2D eigenvalue weighted by molar-refractivity contribution is 0.489. The van der Waals surface area contributed by atoms with Crippen LogP contribution in [0.25, 0.3) is 0 Å². The molecule has 2 aromatic rings. The first kappa shape index (κ1) is 5.10. The molecule has 0 amide bonds. The van der Waals surface area contributed by atoms with Crippen LogP contribution in [-0.4, -0.2) is 30.0 Å². The summed E-state index contributed by atoms with van der Waals surface area (Å²) in [6.45, 7) is 0. The summed E-state index contributed by atoms with van der Waals surface area (Å²) in [4.78, 5) is 6.67. The second-order valence-electron chi connectivity index (χ2n) is 1.64. The highest BCUT2D eigenvalue weighted by atomic mass is 15.7. The molecule has 0 bridgehead atoms. The molecule has 0 unspecified atom stereocenters. The topological polar surface area (TPSA) is 61.4 Å². The van der Waals surface area contributed by atoms with E-state index in [1.807, 2.05) is 0 Å². The first-order valence-corrected chi connectivity index (χ1v) is 2.68. The zero-order valence-electron chi connectivity index (χ0n) is 4.99. The van der Waals surface area contributed by atoms with Crippen LogP contribution in [-0.2, 0) is 0 Å². The second kappa shape index (κ2) is 1.90. The highest BCUT2D eigenvalue weighted by Gasteiger charge is 1.90. The number of hydrogen-bond acceptors (Lipinski definition) is 4. The molecule has 6 nitrogen and oxygen atoms in total. The molecule has 2 heterocycles. The molecule has 0 saturated heterocycles. The third-order valence-corrected chi connectivity index (χ3v) is 1.03. The number of hydrogen-bond donors (Lipinski definition) is 0. The molecule has 10 heavy (non-hydrogen) atoms. The Balaban J connectivity index is 2.48. The fourth-order valence-electron chi connectivity index (χ4n) is 0.619. The zero-order chi connectivity index (χ0) is 6.81. The Morgan fingerprint density at radius 2 is 2.20 bits per heavy atom. The van der Waals surface area contributed by atoms with Gasteiger partial charge < -0.3 is 0 Å². The van der Waals surface area contributed by atoms with Crippen LogP contribution in [0.3, 0.4) is 0 Å². The first-order valence-electron chi connectivity index (χ1n) is 2.68. The van der Waals surface area contributed by atoms with Crippen molar-refractivity contribution in [3.05, 3.63) is 25.0 Å². The van der Waals surface area contributed by atoms with Gasteiger partial charge in [0.2, 0.25) is 0 Å². The lowest BCUT2D eigenvalue weighted by Gasteiger charge is -1.93. The maximum Gasteiger partial charge on any atom is 0.139 e. The van der Waals surface area contributed by atoms with Crippen molar-refractivity contribution < 1.29 is 0 Å². The van der Waals surface area contributed by atoms with E-state index in [1.54, 1.807) is 12.4 Å². The van der Waals surface area contributed by atoms with Crippen molar-refractivity contribution in [1.29, 1.82) is 0 Å².